The molecule has 0 unspecified atom stereocenters. The summed E-state index contributed by atoms with van der Waals surface area (Å²) >= 11 is 8.30. The molecule has 0 amide bonds. The molecule has 104 valence electrons. The Bertz CT molecular complexity index is 783. The number of hydrogen-bond donors (Lipinski definition) is 0. The van der Waals surface area contributed by atoms with E-state index in [1.54, 1.807) is 18.2 Å². The summed E-state index contributed by atoms with van der Waals surface area (Å²) in [5, 5.41) is 0.500. The molecular formula is C16H9ClINO2. The maximum absolute atomic E-state index is 11.9. The molecule has 0 fully saturated rings. The van der Waals surface area contributed by atoms with Gasteiger partial charge in [-0.1, -0.05) is 41.9 Å². The average molecular weight is 410 g/mol. The number of ether oxygens (including phenoxy) is 1. The van der Waals surface area contributed by atoms with E-state index in [0.717, 1.165) is 9.13 Å². The van der Waals surface area contributed by atoms with Gasteiger partial charge in [-0.2, -0.15) is 0 Å². The molecule has 2 aromatic carbocycles. The van der Waals surface area contributed by atoms with Crippen LogP contribution in [0.1, 0.15) is 11.1 Å². The van der Waals surface area contributed by atoms with Crippen molar-refractivity contribution in [2.75, 3.05) is 0 Å². The van der Waals surface area contributed by atoms with E-state index in [2.05, 4.69) is 27.6 Å². The summed E-state index contributed by atoms with van der Waals surface area (Å²) in [7, 11) is 0. The van der Waals surface area contributed by atoms with Crippen molar-refractivity contribution >= 4 is 52.1 Å². The Balaban J connectivity index is 2.00. The molecule has 2 aromatic rings. The molecule has 5 heteroatoms. The average Bonchev–Trinajstić information content (AvgIpc) is 2.83. The van der Waals surface area contributed by atoms with Crippen LogP contribution in [0.5, 0.6) is 0 Å². The lowest BCUT2D eigenvalue weighted by atomic mass is 10.2. The normalized spacial score (nSPS) is 16.0. The van der Waals surface area contributed by atoms with Gasteiger partial charge in [-0.05, 0) is 52.4 Å². The largest absolute Gasteiger partial charge is 0.402 e. The monoisotopic (exact) mass is 409 g/mol. The minimum Gasteiger partial charge on any atom is -0.402 e. The Labute approximate surface area is 140 Å². The van der Waals surface area contributed by atoms with E-state index in [1.807, 2.05) is 36.4 Å². The van der Waals surface area contributed by atoms with Gasteiger partial charge in [0.1, 0.15) is 0 Å². The number of benzene rings is 2. The van der Waals surface area contributed by atoms with Gasteiger partial charge in [0.25, 0.3) is 0 Å². The highest BCUT2D eigenvalue weighted by atomic mass is 127. The molecule has 1 aliphatic heterocycles. The molecule has 0 saturated carbocycles. The molecule has 0 spiro atoms. The summed E-state index contributed by atoms with van der Waals surface area (Å²) in [6, 6.07) is 14.9. The van der Waals surface area contributed by atoms with Crippen molar-refractivity contribution in [2.45, 2.75) is 0 Å². The van der Waals surface area contributed by atoms with E-state index in [0.29, 0.717) is 10.6 Å². The first-order valence-electron chi connectivity index (χ1n) is 6.17. The van der Waals surface area contributed by atoms with Gasteiger partial charge >= 0.3 is 5.97 Å². The van der Waals surface area contributed by atoms with E-state index in [4.69, 9.17) is 16.3 Å². The van der Waals surface area contributed by atoms with Crippen LogP contribution in [0.15, 0.2) is 59.2 Å². The maximum atomic E-state index is 11.9. The molecule has 0 radical (unpaired) electrons. The Hall–Kier alpha value is -1.66. The minimum atomic E-state index is -0.468. The lowest BCUT2D eigenvalue weighted by Gasteiger charge is -2.00. The van der Waals surface area contributed by atoms with E-state index in [9.17, 15) is 4.79 Å². The molecule has 21 heavy (non-hydrogen) atoms. The van der Waals surface area contributed by atoms with Crippen LogP contribution in [0.2, 0.25) is 5.02 Å². The Morgan fingerprint density at radius 3 is 2.57 bits per heavy atom. The Kier molecular flexibility index (Phi) is 4.07. The van der Waals surface area contributed by atoms with Crippen LogP contribution < -0.4 is 0 Å². The number of carbonyl (C=O) groups is 1. The molecule has 3 nitrogen and oxygen atoms in total. The van der Waals surface area contributed by atoms with E-state index in [1.165, 1.54) is 0 Å². The second-order valence-electron chi connectivity index (χ2n) is 4.34. The molecule has 1 heterocycles. The Morgan fingerprint density at radius 2 is 1.81 bits per heavy atom. The van der Waals surface area contributed by atoms with Crippen molar-refractivity contribution in [3.05, 3.63) is 73.9 Å². The second-order valence-corrected chi connectivity index (χ2v) is 5.91. The maximum Gasteiger partial charge on any atom is 0.363 e. The molecule has 0 bridgehead atoms. The summed E-state index contributed by atoms with van der Waals surface area (Å²) in [6.45, 7) is 0. The van der Waals surface area contributed by atoms with Gasteiger partial charge < -0.3 is 4.74 Å². The highest BCUT2D eigenvalue weighted by Crippen LogP contribution is 2.24. The minimum absolute atomic E-state index is 0.239. The van der Waals surface area contributed by atoms with Gasteiger partial charge in [-0.15, -0.1) is 0 Å². The van der Waals surface area contributed by atoms with Gasteiger partial charge in [0.05, 0.1) is 10.6 Å². The third-order valence-corrected chi connectivity index (χ3v) is 4.23. The fourth-order valence-electron chi connectivity index (χ4n) is 1.90. The number of halogens is 2. The van der Waals surface area contributed by atoms with Crippen molar-refractivity contribution < 1.29 is 9.53 Å². The van der Waals surface area contributed by atoms with Crippen molar-refractivity contribution in [3.8, 4) is 0 Å². The van der Waals surface area contributed by atoms with Crippen LogP contribution in [0.3, 0.4) is 0 Å². The summed E-state index contributed by atoms with van der Waals surface area (Å²) in [5.41, 5.74) is 1.81. The fourth-order valence-corrected chi connectivity index (χ4v) is 2.66. The van der Waals surface area contributed by atoms with Gasteiger partial charge in [0.2, 0.25) is 5.90 Å². The zero-order valence-corrected chi connectivity index (χ0v) is 13.6. The number of esters is 1. The van der Waals surface area contributed by atoms with Crippen molar-refractivity contribution in [2.24, 2.45) is 4.99 Å². The molecule has 0 saturated heterocycles. The van der Waals surface area contributed by atoms with Gasteiger partial charge in [0, 0.05) is 3.57 Å². The Morgan fingerprint density at radius 1 is 1.10 bits per heavy atom. The van der Waals surface area contributed by atoms with Gasteiger partial charge in [-0.25, -0.2) is 9.79 Å². The number of aliphatic imine (C=N–C) groups is 1. The first kappa shape index (κ1) is 14.3. The van der Waals surface area contributed by atoms with E-state index >= 15 is 0 Å². The third-order valence-electron chi connectivity index (χ3n) is 2.92. The molecule has 3 rings (SSSR count). The molecule has 1 aliphatic rings. The quantitative estimate of drug-likeness (QED) is 0.422. The number of hydrogen-bond acceptors (Lipinski definition) is 3. The van der Waals surface area contributed by atoms with Crippen molar-refractivity contribution in [1.82, 2.24) is 0 Å². The topological polar surface area (TPSA) is 38.7 Å². The third kappa shape index (κ3) is 3.01. The van der Waals surface area contributed by atoms with Crippen molar-refractivity contribution in [3.63, 3.8) is 0 Å². The van der Waals surface area contributed by atoms with E-state index < -0.39 is 5.97 Å². The smallest absolute Gasteiger partial charge is 0.363 e. The summed E-state index contributed by atoms with van der Waals surface area (Å²) < 4.78 is 6.25. The SMILES string of the molecule is O=C1OC(c2ccccc2Cl)=N/C1=C\c1ccccc1I. The highest BCUT2D eigenvalue weighted by Gasteiger charge is 2.25. The van der Waals surface area contributed by atoms with Crippen LogP contribution in [0, 0.1) is 3.57 Å². The number of carbonyl (C=O) groups excluding carboxylic acids is 1. The van der Waals surface area contributed by atoms with Gasteiger partial charge in [0.15, 0.2) is 5.70 Å². The first-order chi connectivity index (χ1) is 10.1. The summed E-state index contributed by atoms with van der Waals surface area (Å²) in [4.78, 5) is 16.2. The molecule has 0 atom stereocenters. The predicted molar refractivity (Wildman–Crippen MR) is 91.2 cm³/mol. The zero-order valence-electron chi connectivity index (χ0n) is 10.7. The number of nitrogens with zero attached hydrogens (tertiary/aromatic N) is 1. The summed E-state index contributed by atoms with van der Waals surface area (Å²) in [6.07, 6.45) is 1.72. The zero-order chi connectivity index (χ0) is 14.8. The molecule has 0 aromatic heterocycles. The number of cyclic esters (lactones) is 1. The molecule has 0 N–H and O–H groups in total. The predicted octanol–water partition coefficient (Wildman–Crippen LogP) is 4.29. The van der Waals surface area contributed by atoms with Crippen molar-refractivity contribution in [1.29, 1.82) is 0 Å². The van der Waals surface area contributed by atoms with E-state index in [-0.39, 0.29) is 11.6 Å². The highest BCUT2D eigenvalue weighted by molar-refractivity contribution is 14.1. The van der Waals surface area contributed by atoms with Crippen LogP contribution in [0.25, 0.3) is 6.08 Å². The van der Waals surface area contributed by atoms with Crippen LogP contribution in [-0.2, 0) is 9.53 Å². The first-order valence-corrected chi connectivity index (χ1v) is 7.63. The van der Waals surface area contributed by atoms with Crippen LogP contribution in [-0.4, -0.2) is 11.9 Å². The lowest BCUT2D eigenvalue weighted by molar-refractivity contribution is -0.129. The molecule has 0 aliphatic carbocycles. The second kappa shape index (κ2) is 5.99. The fraction of sp³-hybridized carbons (Fsp3) is 0. The standard InChI is InChI=1S/C16H9ClINO2/c17-12-7-3-2-6-11(12)15-19-14(16(20)21-15)9-10-5-1-4-8-13(10)18/h1-9H/b14-9-. The number of rotatable bonds is 2. The van der Waals surface area contributed by atoms with Crippen LogP contribution >= 0.6 is 34.2 Å². The summed E-state index contributed by atoms with van der Waals surface area (Å²) in [5.74, 6) is -0.229. The van der Waals surface area contributed by atoms with Crippen LogP contribution in [0.4, 0.5) is 0 Å². The lowest BCUT2D eigenvalue weighted by Crippen LogP contribution is -2.05. The molecular weight excluding hydrogens is 401 g/mol. The van der Waals surface area contributed by atoms with Gasteiger partial charge in [-0.3, -0.25) is 0 Å².